The summed E-state index contributed by atoms with van der Waals surface area (Å²) in [6.07, 6.45) is 0.347. The predicted molar refractivity (Wildman–Crippen MR) is 68.5 cm³/mol. The van der Waals surface area contributed by atoms with Crippen LogP contribution in [-0.2, 0) is 14.6 Å². The van der Waals surface area contributed by atoms with Crippen molar-refractivity contribution in [2.45, 2.75) is 6.42 Å². The summed E-state index contributed by atoms with van der Waals surface area (Å²) in [6.45, 7) is 0. The lowest BCUT2D eigenvalue weighted by atomic mass is 10.1. The molecule has 0 aliphatic carbocycles. The molecule has 5 nitrogen and oxygen atoms in total. The molecule has 1 unspecified atom stereocenters. The van der Waals surface area contributed by atoms with E-state index in [4.69, 9.17) is 11.6 Å². The normalized spacial score (nSPS) is 21.7. The van der Waals surface area contributed by atoms with E-state index in [-0.39, 0.29) is 28.2 Å². The minimum atomic E-state index is -3.07. The Morgan fingerprint density at radius 1 is 1.44 bits per heavy atom. The molecule has 7 heteroatoms. The summed E-state index contributed by atoms with van der Waals surface area (Å²) >= 11 is 5.71. The Hall–Kier alpha value is -1.27. The highest BCUT2D eigenvalue weighted by atomic mass is 35.5. The molecule has 1 heterocycles. The lowest BCUT2D eigenvalue weighted by molar-refractivity contribution is -0.119. The number of hydrogen-bond acceptors (Lipinski definition) is 4. The summed E-state index contributed by atoms with van der Waals surface area (Å²) in [5.41, 5.74) is 0.437. The number of carbonyl (C=O) groups excluding carboxylic acids is 1. The predicted octanol–water partition coefficient (Wildman–Crippen LogP) is 1.42. The Labute approximate surface area is 110 Å². The van der Waals surface area contributed by atoms with Crippen LogP contribution in [-0.4, -0.2) is 30.9 Å². The van der Waals surface area contributed by atoms with Gasteiger partial charge in [0.05, 0.1) is 22.4 Å². The van der Waals surface area contributed by atoms with Crippen molar-refractivity contribution in [1.82, 2.24) is 0 Å². The van der Waals surface area contributed by atoms with Gasteiger partial charge >= 0.3 is 0 Å². The van der Waals surface area contributed by atoms with E-state index in [1.54, 1.807) is 0 Å². The molecule has 2 rings (SSSR count). The van der Waals surface area contributed by atoms with Crippen LogP contribution >= 0.6 is 11.6 Å². The second-order valence-electron chi connectivity index (χ2n) is 4.26. The summed E-state index contributed by atoms with van der Waals surface area (Å²) in [5.74, 6) is -0.968. The minimum Gasteiger partial charge on any atom is -0.506 e. The van der Waals surface area contributed by atoms with Gasteiger partial charge in [-0.15, -0.1) is 0 Å². The molecule has 1 amide bonds. The van der Waals surface area contributed by atoms with Crippen LogP contribution < -0.4 is 5.32 Å². The third-order valence-electron chi connectivity index (χ3n) is 2.82. The molecule has 0 aromatic heterocycles. The molecule has 1 fully saturated rings. The van der Waals surface area contributed by atoms with E-state index < -0.39 is 15.8 Å². The van der Waals surface area contributed by atoms with Gasteiger partial charge in [0.15, 0.2) is 9.84 Å². The van der Waals surface area contributed by atoms with Crippen molar-refractivity contribution >= 4 is 33.0 Å². The Kier molecular flexibility index (Phi) is 3.49. The lowest BCUT2D eigenvalue weighted by Crippen LogP contribution is -2.23. The van der Waals surface area contributed by atoms with Gasteiger partial charge in [-0.3, -0.25) is 4.79 Å². The first-order chi connectivity index (χ1) is 8.37. The number of aromatic hydroxyl groups is 1. The van der Waals surface area contributed by atoms with Crippen molar-refractivity contribution in [1.29, 1.82) is 0 Å². The molecule has 0 bridgehead atoms. The monoisotopic (exact) mass is 289 g/mol. The Balaban J connectivity index is 2.06. The molecule has 0 saturated carbocycles. The van der Waals surface area contributed by atoms with Gasteiger partial charge in [0.2, 0.25) is 5.91 Å². The van der Waals surface area contributed by atoms with E-state index in [0.717, 1.165) is 0 Å². The number of anilines is 1. The molecule has 98 valence electrons. The average Bonchev–Trinajstić information content (AvgIpc) is 2.64. The lowest BCUT2D eigenvalue weighted by Gasteiger charge is -2.10. The van der Waals surface area contributed by atoms with E-state index in [0.29, 0.717) is 12.1 Å². The molecule has 1 aromatic carbocycles. The smallest absolute Gasteiger partial charge is 0.228 e. The highest BCUT2D eigenvalue weighted by Crippen LogP contribution is 2.27. The minimum absolute atomic E-state index is 0.0570. The number of phenolic OH excluding ortho intramolecular Hbond substituents is 1. The van der Waals surface area contributed by atoms with Gasteiger partial charge in [-0.2, -0.15) is 0 Å². The summed E-state index contributed by atoms with van der Waals surface area (Å²) in [7, 11) is -3.07. The highest BCUT2D eigenvalue weighted by molar-refractivity contribution is 7.91. The van der Waals surface area contributed by atoms with E-state index in [9.17, 15) is 18.3 Å². The SMILES string of the molecule is O=C(Nc1ccc(O)c(Cl)c1)C1CCS(=O)(=O)C1. The number of halogens is 1. The zero-order valence-corrected chi connectivity index (χ0v) is 11.0. The zero-order valence-electron chi connectivity index (χ0n) is 9.39. The fraction of sp³-hybridized carbons (Fsp3) is 0.364. The molecular formula is C11H12ClNO4S. The largest absolute Gasteiger partial charge is 0.506 e. The van der Waals surface area contributed by atoms with Crippen molar-refractivity contribution in [2.75, 3.05) is 16.8 Å². The first-order valence-corrected chi connectivity index (χ1v) is 7.57. The third kappa shape index (κ3) is 2.94. The van der Waals surface area contributed by atoms with Gasteiger partial charge < -0.3 is 10.4 Å². The second kappa shape index (κ2) is 4.78. The van der Waals surface area contributed by atoms with Crippen molar-refractivity contribution in [3.8, 4) is 5.75 Å². The summed E-state index contributed by atoms with van der Waals surface area (Å²) < 4.78 is 22.5. The number of carbonyl (C=O) groups is 1. The maximum atomic E-state index is 11.8. The topological polar surface area (TPSA) is 83.5 Å². The molecule has 18 heavy (non-hydrogen) atoms. The molecule has 0 radical (unpaired) electrons. The fourth-order valence-electron chi connectivity index (χ4n) is 1.83. The second-order valence-corrected chi connectivity index (χ2v) is 6.89. The number of nitrogens with one attached hydrogen (secondary N) is 1. The van der Waals surface area contributed by atoms with Crippen molar-refractivity contribution in [3.05, 3.63) is 23.2 Å². The van der Waals surface area contributed by atoms with Crippen LogP contribution in [0.5, 0.6) is 5.75 Å². The molecule has 2 N–H and O–H groups in total. The van der Waals surface area contributed by atoms with Crippen LogP contribution in [0.25, 0.3) is 0 Å². The molecular weight excluding hydrogens is 278 g/mol. The van der Waals surface area contributed by atoms with Gasteiger partial charge in [0.1, 0.15) is 5.75 Å². The molecule has 1 atom stereocenters. The number of rotatable bonds is 2. The quantitative estimate of drug-likeness (QED) is 0.807. The van der Waals surface area contributed by atoms with Crippen LogP contribution in [0.4, 0.5) is 5.69 Å². The number of phenols is 1. The summed E-state index contributed by atoms with van der Waals surface area (Å²) in [6, 6.07) is 4.28. The van der Waals surface area contributed by atoms with Gasteiger partial charge in [-0.1, -0.05) is 11.6 Å². The average molecular weight is 290 g/mol. The Morgan fingerprint density at radius 3 is 2.72 bits per heavy atom. The Bertz CT molecular complexity index is 585. The van der Waals surface area contributed by atoms with Crippen LogP contribution in [0.2, 0.25) is 5.02 Å². The number of amides is 1. The van der Waals surface area contributed by atoms with Crippen molar-refractivity contribution in [2.24, 2.45) is 5.92 Å². The van der Waals surface area contributed by atoms with Crippen molar-refractivity contribution in [3.63, 3.8) is 0 Å². The molecule has 1 aliphatic heterocycles. The maximum Gasteiger partial charge on any atom is 0.228 e. The maximum absolute atomic E-state index is 11.8. The molecule has 1 saturated heterocycles. The van der Waals surface area contributed by atoms with Crippen molar-refractivity contribution < 1.29 is 18.3 Å². The first kappa shape index (κ1) is 13.2. The van der Waals surface area contributed by atoms with Crippen LogP contribution in [0.3, 0.4) is 0 Å². The number of hydrogen-bond donors (Lipinski definition) is 2. The van der Waals surface area contributed by atoms with Gasteiger partial charge in [0, 0.05) is 5.69 Å². The van der Waals surface area contributed by atoms with Gasteiger partial charge in [-0.05, 0) is 24.6 Å². The highest BCUT2D eigenvalue weighted by Gasteiger charge is 2.32. The van der Waals surface area contributed by atoms with Gasteiger partial charge in [-0.25, -0.2) is 8.42 Å². The van der Waals surface area contributed by atoms with E-state index in [1.165, 1.54) is 18.2 Å². The molecule has 0 spiro atoms. The summed E-state index contributed by atoms with van der Waals surface area (Å²) in [5, 5.41) is 12.0. The number of sulfone groups is 1. The van der Waals surface area contributed by atoms with Gasteiger partial charge in [0.25, 0.3) is 0 Å². The van der Waals surface area contributed by atoms with Crippen LogP contribution in [0, 0.1) is 5.92 Å². The molecule has 1 aliphatic rings. The first-order valence-electron chi connectivity index (χ1n) is 5.37. The number of benzene rings is 1. The van der Waals surface area contributed by atoms with E-state index in [2.05, 4.69) is 5.32 Å². The fourth-order valence-corrected chi connectivity index (χ4v) is 3.75. The van der Waals surface area contributed by atoms with Crippen LogP contribution in [0.1, 0.15) is 6.42 Å². The Morgan fingerprint density at radius 2 is 2.17 bits per heavy atom. The zero-order chi connectivity index (χ0) is 13.3. The summed E-state index contributed by atoms with van der Waals surface area (Å²) in [4.78, 5) is 11.8. The third-order valence-corrected chi connectivity index (χ3v) is 4.89. The standard InChI is InChI=1S/C11H12ClNO4S/c12-9-5-8(1-2-10(9)14)13-11(15)7-3-4-18(16,17)6-7/h1-2,5,7,14H,3-4,6H2,(H,13,15). The van der Waals surface area contributed by atoms with E-state index >= 15 is 0 Å². The van der Waals surface area contributed by atoms with Crippen LogP contribution in [0.15, 0.2) is 18.2 Å². The molecule has 1 aromatic rings. The van der Waals surface area contributed by atoms with E-state index in [1.807, 2.05) is 0 Å².